The highest BCUT2D eigenvalue weighted by atomic mass is 16.1. The minimum Gasteiger partial charge on any atom is -0.346 e. The molecule has 1 amide bonds. The van der Waals surface area contributed by atoms with Gasteiger partial charge in [-0.1, -0.05) is 13.8 Å². The van der Waals surface area contributed by atoms with Gasteiger partial charge >= 0.3 is 0 Å². The third kappa shape index (κ3) is 3.44. The molecule has 0 spiro atoms. The van der Waals surface area contributed by atoms with Crippen molar-refractivity contribution in [3.05, 3.63) is 46.7 Å². The zero-order valence-electron chi connectivity index (χ0n) is 15.8. The number of aromatic nitrogens is 5. The lowest BCUT2D eigenvalue weighted by Crippen LogP contribution is -2.24. The van der Waals surface area contributed by atoms with Crippen LogP contribution in [0, 0.1) is 0 Å². The van der Waals surface area contributed by atoms with Crippen molar-refractivity contribution in [1.82, 2.24) is 35.0 Å². The predicted octanol–water partition coefficient (Wildman–Crippen LogP) is 1.71. The van der Waals surface area contributed by atoms with Gasteiger partial charge in [-0.2, -0.15) is 10.2 Å². The maximum Gasteiger partial charge on any atom is 0.257 e. The van der Waals surface area contributed by atoms with Crippen molar-refractivity contribution >= 4 is 11.6 Å². The van der Waals surface area contributed by atoms with Crippen molar-refractivity contribution in [2.75, 3.05) is 13.1 Å². The smallest absolute Gasteiger partial charge is 0.257 e. The number of amides is 1. The SMILES string of the molecule is CCN(CC)Cc1cnc2c(C(=O)NCc3n[nH]c4c3CCC4)cnn2c1. The van der Waals surface area contributed by atoms with Gasteiger partial charge in [-0.25, -0.2) is 9.50 Å². The number of carbonyl (C=O) groups excluding carboxylic acids is 1. The van der Waals surface area contributed by atoms with Crippen molar-refractivity contribution in [3.63, 3.8) is 0 Å². The second kappa shape index (κ2) is 7.48. The number of H-pyrrole nitrogens is 1. The van der Waals surface area contributed by atoms with Gasteiger partial charge in [0.15, 0.2) is 5.65 Å². The van der Waals surface area contributed by atoms with E-state index in [4.69, 9.17) is 0 Å². The zero-order valence-corrected chi connectivity index (χ0v) is 15.8. The lowest BCUT2D eigenvalue weighted by atomic mass is 10.2. The van der Waals surface area contributed by atoms with Crippen LogP contribution in [0.3, 0.4) is 0 Å². The molecule has 3 aromatic rings. The number of hydrogen-bond acceptors (Lipinski definition) is 5. The monoisotopic (exact) mass is 367 g/mol. The first-order valence-electron chi connectivity index (χ1n) is 9.57. The molecule has 1 aliphatic carbocycles. The Hall–Kier alpha value is -2.74. The van der Waals surface area contributed by atoms with E-state index in [-0.39, 0.29) is 5.91 Å². The molecular formula is C19H25N7O. The Labute approximate surface area is 158 Å². The van der Waals surface area contributed by atoms with Crippen LogP contribution in [0.5, 0.6) is 0 Å². The average Bonchev–Trinajstić information content (AvgIpc) is 3.39. The Morgan fingerprint density at radius 1 is 1.30 bits per heavy atom. The minimum absolute atomic E-state index is 0.177. The molecular weight excluding hydrogens is 342 g/mol. The van der Waals surface area contributed by atoms with E-state index >= 15 is 0 Å². The Morgan fingerprint density at radius 3 is 2.96 bits per heavy atom. The molecule has 3 heterocycles. The van der Waals surface area contributed by atoms with Gasteiger partial charge in [-0.15, -0.1) is 0 Å². The van der Waals surface area contributed by atoms with Crippen LogP contribution in [0.2, 0.25) is 0 Å². The number of nitrogens with zero attached hydrogens (tertiary/aromatic N) is 5. The summed E-state index contributed by atoms with van der Waals surface area (Å²) in [6.45, 7) is 7.49. The molecule has 0 aromatic carbocycles. The molecule has 1 aliphatic rings. The molecule has 8 nitrogen and oxygen atoms in total. The molecule has 0 radical (unpaired) electrons. The van der Waals surface area contributed by atoms with Crippen LogP contribution in [0.1, 0.15) is 53.1 Å². The first-order valence-corrected chi connectivity index (χ1v) is 9.57. The maximum atomic E-state index is 12.6. The lowest BCUT2D eigenvalue weighted by Gasteiger charge is -2.17. The summed E-state index contributed by atoms with van der Waals surface area (Å²) in [4.78, 5) is 19.4. The van der Waals surface area contributed by atoms with E-state index in [1.165, 1.54) is 11.3 Å². The van der Waals surface area contributed by atoms with Crippen LogP contribution in [0.15, 0.2) is 18.6 Å². The molecule has 8 heteroatoms. The molecule has 0 aliphatic heterocycles. The molecule has 0 unspecified atom stereocenters. The molecule has 0 bridgehead atoms. The standard InChI is InChI=1S/C19H25N7O/c1-3-25(4-2)11-13-8-20-18-15(9-22-26(18)12-13)19(27)21-10-17-14-6-5-7-16(14)23-24-17/h8-9,12H,3-7,10-11H2,1-2H3,(H,21,27)(H,23,24). The third-order valence-corrected chi connectivity index (χ3v) is 5.26. The van der Waals surface area contributed by atoms with E-state index in [9.17, 15) is 4.79 Å². The Kier molecular flexibility index (Phi) is 4.89. The van der Waals surface area contributed by atoms with Gasteiger partial charge in [0.25, 0.3) is 5.91 Å². The summed E-state index contributed by atoms with van der Waals surface area (Å²) in [5.74, 6) is -0.177. The summed E-state index contributed by atoms with van der Waals surface area (Å²) in [5.41, 5.74) is 5.53. The second-order valence-corrected chi connectivity index (χ2v) is 6.91. The van der Waals surface area contributed by atoms with Crippen LogP contribution in [0.25, 0.3) is 5.65 Å². The number of fused-ring (bicyclic) bond motifs is 2. The van der Waals surface area contributed by atoms with Gasteiger partial charge in [0.1, 0.15) is 5.56 Å². The largest absolute Gasteiger partial charge is 0.346 e. The number of aromatic amines is 1. The van der Waals surface area contributed by atoms with E-state index < -0.39 is 0 Å². The number of nitrogens with one attached hydrogen (secondary N) is 2. The van der Waals surface area contributed by atoms with Gasteiger partial charge in [0.2, 0.25) is 0 Å². The van der Waals surface area contributed by atoms with Gasteiger partial charge in [-0.05, 0) is 37.9 Å². The number of carbonyl (C=O) groups is 1. The minimum atomic E-state index is -0.177. The highest BCUT2D eigenvalue weighted by molar-refractivity contribution is 5.99. The third-order valence-electron chi connectivity index (χ3n) is 5.26. The summed E-state index contributed by atoms with van der Waals surface area (Å²) in [5, 5.41) is 14.7. The maximum absolute atomic E-state index is 12.6. The zero-order chi connectivity index (χ0) is 18.8. The van der Waals surface area contributed by atoms with E-state index in [0.29, 0.717) is 17.8 Å². The van der Waals surface area contributed by atoms with E-state index in [2.05, 4.69) is 44.3 Å². The van der Waals surface area contributed by atoms with Gasteiger partial charge in [-0.3, -0.25) is 14.8 Å². The molecule has 0 atom stereocenters. The summed E-state index contributed by atoms with van der Waals surface area (Å²) in [7, 11) is 0. The molecule has 142 valence electrons. The lowest BCUT2D eigenvalue weighted by molar-refractivity contribution is 0.0952. The summed E-state index contributed by atoms with van der Waals surface area (Å²) in [6, 6.07) is 0. The number of aryl methyl sites for hydroxylation is 1. The van der Waals surface area contributed by atoms with Crippen molar-refractivity contribution in [1.29, 1.82) is 0 Å². The molecule has 0 fully saturated rings. The quantitative estimate of drug-likeness (QED) is 0.663. The van der Waals surface area contributed by atoms with Crippen LogP contribution in [-0.2, 0) is 25.9 Å². The second-order valence-electron chi connectivity index (χ2n) is 6.91. The van der Waals surface area contributed by atoms with Gasteiger partial charge < -0.3 is 5.32 Å². The van der Waals surface area contributed by atoms with Crippen molar-refractivity contribution in [2.24, 2.45) is 0 Å². The normalized spacial score (nSPS) is 13.4. The summed E-state index contributed by atoms with van der Waals surface area (Å²) >= 11 is 0. The van der Waals surface area contributed by atoms with Crippen LogP contribution < -0.4 is 5.32 Å². The van der Waals surface area contributed by atoms with E-state index in [0.717, 1.165) is 50.2 Å². The fourth-order valence-corrected chi connectivity index (χ4v) is 3.65. The first kappa shape index (κ1) is 17.7. The molecule has 0 saturated carbocycles. The predicted molar refractivity (Wildman–Crippen MR) is 101 cm³/mol. The summed E-state index contributed by atoms with van der Waals surface area (Å²) < 4.78 is 1.68. The van der Waals surface area contributed by atoms with Crippen LogP contribution >= 0.6 is 0 Å². The fraction of sp³-hybridized carbons (Fsp3) is 0.474. The molecule has 27 heavy (non-hydrogen) atoms. The Bertz CT molecular complexity index is 954. The van der Waals surface area contributed by atoms with E-state index in [1.54, 1.807) is 10.7 Å². The van der Waals surface area contributed by atoms with Crippen LogP contribution in [-0.4, -0.2) is 48.7 Å². The van der Waals surface area contributed by atoms with Crippen LogP contribution in [0.4, 0.5) is 0 Å². The number of rotatable bonds is 7. The topological polar surface area (TPSA) is 91.2 Å². The highest BCUT2D eigenvalue weighted by Gasteiger charge is 2.20. The van der Waals surface area contributed by atoms with E-state index in [1.807, 2.05) is 12.4 Å². The van der Waals surface area contributed by atoms with Gasteiger partial charge in [0.05, 0.1) is 18.4 Å². The van der Waals surface area contributed by atoms with Gasteiger partial charge in [0, 0.05) is 30.2 Å². The highest BCUT2D eigenvalue weighted by Crippen LogP contribution is 2.22. The Balaban J connectivity index is 1.47. The Morgan fingerprint density at radius 2 is 2.15 bits per heavy atom. The summed E-state index contributed by atoms with van der Waals surface area (Å²) in [6.07, 6.45) is 8.58. The molecule has 0 saturated heterocycles. The first-order chi connectivity index (χ1) is 13.2. The average molecular weight is 367 g/mol. The van der Waals surface area contributed by atoms with Crippen molar-refractivity contribution in [2.45, 2.75) is 46.2 Å². The molecule has 4 rings (SSSR count). The number of hydrogen-bond donors (Lipinski definition) is 2. The molecule has 3 aromatic heterocycles. The fourth-order valence-electron chi connectivity index (χ4n) is 3.65. The van der Waals surface area contributed by atoms with Crippen molar-refractivity contribution in [3.8, 4) is 0 Å². The molecule has 2 N–H and O–H groups in total. The van der Waals surface area contributed by atoms with Crippen molar-refractivity contribution < 1.29 is 4.79 Å².